The van der Waals surface area contributed by atoms with Gasteiger partial charge in [-0.2, -0.15) is 0 Å². The topological polar surface area (TPSA) is 12.9 Å². The number of hydrogen-bond donors (Lipinski definition) is 0. The molecule has 0 saturated carbocycles. The Bertz CT molecular complexity index is 519. The van der Waals surface area contributed by atoms with Crippen molar-refractivity contribution in [3.8, 4) is 0 Å². The molecule has 0 aliphatic rings. The zero-order valence-electron chi connectivity index (χ0n) is 10.9. The summed E-state index contributed by atoms with van der Waals surface area (Å²) < 4.78 is 1.32. The molecule has 3 aromatic rings. The van der Waals surface area contributed by atoms with Crippen molar-refractivity contribution in [2.24, 2.45) is 0 Å². The highest BCUT2D eigenvalue weighted by atomic mass is 32.1. The maximum Gasteiger partial charge on any atom is 0.124 e. The molecule has 0 saturated heterocycles. The minimum atomic E-state index is 1.13. The third-order valence-corrected chi connectivity index (χ3v) is 3.25. The summed E-state index contributed by atoms with van der Waals surface area (Å²) in [6, 6.07) is 12.5. The zero-order chi connectivity index (χ0) is 12.7. The van der Waals surface area contributed by atoms with Crippen molar-refractivity contribution < 1.29 is 0 Å². The van der Waals surface area contributed by atoms with Gasteiger partial charge in [0.2, 0.25) is 0 Å². The van der Waals surface area contributed by atoms with E-state index in [0.717, 1.165) is 4.83 Å². The predicted molar refractivity (Wildman–Crippen MR) is 79.8 cm³/mol. The molecule has 0 amide bonds. The summed E-state index contributed by atoms with van der Waals surface area (Å²) in [6.07, 6.45) is 1.84. The Labute approximate surface area is 107 Å². The maximum absolute atomic E-state index is 4.34. The fourth-order valence-electron chi connectivity index (χ4n) is 1.56. The predicted octanol–water partition coefficient (Wildman–Crippen LogP) is 5.50. The van der Waals surface area contributed by atoms with E-state index >= 15 is 0 Å². The Kier molecular flexibility index (Phi) is 5.64. The molecule has 2 aromatic heterocycles. The van der Waals surface area contributed by atoms with Crippen LogP contribution in [-0.4, -0.2) is 4.98 Å². The van der Waals surface area contributed by atoms with Gasteiger partial charge in [-0.25, -0.2) is 4.98 Å². The Balaban J connectivity index is 0.000000330. The van der Waals surface area contributed by atoms with E-state index in [0.29, 0.717) is 0 Å². The molecule has 0 radical (unpaired) electrons. The number of benzene rings is 1. The first kappa shape index (κ1) is 13.7. The van der Waals surface area contributed by atoms with Crippen molar-refractivity contribution in [2.75, 3.05) is 0 Å². The van der Waals surface area contributed by atoms with Crippen molar-refractivity contribution in [1.29, 1.82) is 0 Å². The fourth-order valence-corrected chi connectivity index (χ4v) is 2.60. The van der Waals surface area contributed by atoms with Gasteiger partial charge in [0.25, 0.3) is 0 Å². The van der Waals surface area contributed by atoms with Crippen molar-refractivity contribution in [2.45, 2.75) is 27.7 Å². The van der Waals surface area contributed by atoms with Crippen LogP contribution in [0.15, 0.2) is 42.6 Å². The fraction of sp³-hybridized carbons (Fsp3) is 0.267. The van der Waals surface area contributed by atoms with E-state index < -0.39 is 0 Å². The van der Waals surface area contributed by atoms with Gasteiger partial charge in [-0.15, -0.1) is 11.3 Å². The lowest BCUT2D eigenvalue weighted by atomic mass is 10.2. The van der Waals surface area contributed by atoms with Crippen LogP contribution in [0.4, 0.5) is 0 Å². The average Bonchev–Trinajstić information content (AvgIpc) is 2.82. The number of aromatic nitrogens is 1. The molecule has 0 aliphatic carbocycles. The molecule has 17 heavy (non-hydrogen) atoms. The summed E-state index contributed by atoms with van der Waals surface area (Å²) >= 11 is 1.75. The second-order valence-corrected chi connectivity index (χ2v) is 3.98. The Morgan fingerprint density at radius 2 is 1.47 bits per heavy atom. The number of thiophene rings is 1. The minimum absolute atomic E-state index is 1.13. The van der Waals surface area contributed by atoms with Gasteiger partial charge in [0.15, 0.2) is 0 Å². The van der Waals surface area contributed by atoms with E-state index in [9.17, 15) is 0 Å². The first-order chi connectivity index (χ1) is 8.45. The summed E-state index contributed by atoms with van der Waals surface area (Å²) in [5.74, 6) is 0. The van der Waals surface area contributed by atoms with Crippen LogP contribution in [0, 0.1) is 0 Å². The highest BCUT2D eigenvalue weighted by molar-refractivity contribution is 7.25. The molecule has 3 rings (SSSR count). The second-order valence-electron chi connectivity index (χ2n) is 2.95. The van der Waals surface area contributed by atoms with Gasteiger partial charge in [0.1, 0.15) is 4.83 Å². The highest BCUT2D eigenvalue weighted by Gasteiger charge is 2.02. The monoisotopic (exact) mass is 245 g/mol. The summed E-state index contributed by atoms with van der Waals surface area (Å²) in [4.78, 5) is 5.47. The van der Waals surface area contributed by atoms with E-state index in [1.807, 2.05) is 40.0 Å². The number of rotatable bonds is 0. The first-order valence-electron chi connectivity index (χ1n) is 6.17. The van der Waals surface area contributed by atoms with Crippen molar-refractivity contribution in [3.05, 3.63) is 42.6 Å². The molecule has 1 aromatic carbocycles. The van der Waals surface area contributed by atoms with Gasteiger partial charge in [0.05, 0.1) is 0 Å². The number of pyridine rings is 1. The summed E-state index contributed by atoms with van der Waals surface area (Å²) in [6.45, 7) is 8.00. The molecule has 0 N–H and O–H groups in total. The van der Waals surface area contributed by atoms with Crippen molar-refractivity contribution in [3.63, 3.8) is 0 Å². The lowest BCUT2D eigenvalue weighted by Crippen LogP contribution is -1.67. The minimum Gasteiger partial charge on any atom is -0.245 e. The lowest BCUT2D eigenvalue weighted by molar-refractivity contribution is 1.45. The van der Waals surface area contributed by atoms with Crippen LogP contribution < -0.4 is 0 Å². The molecule has 0 unspecified atom stereocenters. The number of hydrogen-bond acceptors (Lipinski definition) is 2. The van der Waals surface area contributed by atoms with Gasteiger partial charge in [0, 0.05) is 21.7 Å². The molecular formula is C15H19NS. The standard InChI is InChI=1S/C11H7NS.2C2H6/c1-2-6-10-8(4-1)9-5-3-7-12-11(9)13-10;2*1-2/h1-7H;2*1-2H3. The van der Waals surface area contributed by atoms with Crippen molar-refractivity contribution in [1.82, 2.24) is 4.98 Å². The van der Waals surface area contributed by atoms with Crippen LogP contribution in [0.1, 0.15) is 27.7 Å². The second kappa shape index (κ2) is 7.02. The average molecular weight is 245 g/mol. The van der Waals surface area contributed by atoms with E-state index in [4.69, 9.17) is 0 Å². The molecule has 2 heteroatoms. The molecule has 0 atom stereocenters. The van der Waals surface area contributed by atoms with Crippen molar-refractivity contribution >= 4 is 31.6 Å². The first-order valence-corrected chi connectivity index (χ1v) is 6.99. The number of nitrogens with zero attached hydrogens (tertiary/aromatic N) is 1. The van der Waals surface area contributed by atoms with Crippen LogP contribution in [0.5, 0.6) is 0 Å². The summed E-state index contributed by atoms with van der Waals surface area (Å²) in [5, 5.41) is 2.58. The van der Waals surface area contributed by atoms with Crippen LogP contribution in [0.2, 0.25) is 0 Å². The third-order valence-electron chi connectivity index (χ3n) is 2.16. The van der Waals surface area contributed by atoms with Gasteiger partial charge < -0.3 is 0 Å². The van der Waals surface area contributed by atoms with Gasteiger partial charge in [-0.1, -0.05) is 45.9 Å². The SMILES string of the molecule is CC.CC.c1ccc2c(c1)sc1ncccc12. The quantitative estimate of drug-likeness (QED) is 0.509. The molecular weight excluding hydrogens is 226 g/mol. The van der Waals surface area contributed by atoms with E-state index in [1.165, 1.54) is 15.5 Å². The Morgan fingerprint density at radius 3 is 2.24 bits per heavy atom. The van der Waals surface area contributed by atoms with E-state index in [1.54, 1.807) is 11.3 Å². The molecule has 2 heterocycles. The van der Waals surface area contributed by atoms with Crippen LogP contribution in [-0.2, 0) is 0 Å². The summed E-state index contributed by atoms with van der Waals surface area (Å²) in [7, 11) is 0. The van der Waals surface area contributed by atoms with Gasteiger partial charge in [-0.3, -0.25) is 0 Å². The maximum atomic E-state index is 4.34. The third kappa shape index (κ3) is 2.83. The largest absolute Gasteiger partial charge is 0.245 e. The molecule has 1 nitrogen and oxygen atoms in total. The van der Waals surface area contributed by atoms with Crippen LogP contribution in [0.25, 0.3) is 20.3 Å². The highest BCUT2D eigenvalue weighted by Crippen LogP contribution is 2.31. The van der Waals surface area contributed by atoms with Crippen LogP contribution in [0.3, 0.4) is 0 Å². The molecule has 90 valence electrons. The Morgan fingerprint density at radius 1 is 0.824 bits per heavy atom. The molecule has 0 fully saturated rings. The van der Waals surface area contributed by atoms with Gasteiger partial charge in [-0.05, 0) is 18.2 Å². The lowest BCUT2D eigenvalue weighted by Gasteiger charge is -1.87. The van der Waals surface area contributed by atoms with E-state index in [-0.39, 0.29) is 0 Å². The molecule has 0 bridgehead atoms. The van der Waals surface area contributed by atoms with Crippen LogP contribution >= 0.6 is 11.3 Å². The molecule has 0 spiro atoms. The molecule has 0 aliphatic heterocycles. The van der Waals surface area contributed by atoms with Gasteiger partial charge >= 0.3 is 0 Å². The number of fused-ring (bicyclic) bond motifs is 3. The van der Waals surface area contributed by atoms with E-state index in [2.05, 4.69) is 35.3 Å². The normalized spacial score (nSPS) is 9.18. The smallest absolute Gasteiger partial charge is 0.124 e. The Hall–Kier alpha value is -1.41. The zero-order valence-corrected chi connectivity index (χ0v) is 11.7. The summed E-state index contributed by atoms with van der Waals surface area (Å²) in [5.41, 5.74) is 0.